The van der Waals surface area contributed by atoms with Crippen LogP contribution in [0.1, 0.15) is 28.4 Å². The Morgan fingerprint density at radius 1 is 1.25 bits per heavy atom. The Morgan fingerprint density at radius 3 is 2.62 bits per heavy atom. The second-order valence-electron chi connectivity index (χ2n) is 5.37. The van der Waals surface area contributed by atoms with Gasteiger partial charge in [0.15, 0.2) is 0 Å². The Balaban J connectivity index is 1.94. The molecule has 1 atom stereocenters. The van der Waals surface area contributed by atoms with E-state index in [1.165, 1.54) is 25.1 Å². The van der Waals surface area contributed by atoms with Gasteiger partial charge in [0, 0.05) is 11.1 Å². The van der Waals surface area contributed by atoms with E-state index in [1.807, 2.05) is 13.0 Å². The molecule has 0 bridgehead atoms. The largest absolute Gasteiger partial charge is 0.459 e. The van der Waals surface area contributed by atoms with E-state index < -0.39 is 17.8 Å². The summed E-state index contributed by atoms with van der Waals surface area (Å²) in [6.45, 7) is 3.07. The number of ether oxygens (including phenoxy) is 1. The van der Waals surface area contributed by atoms with Crippen molar-refractivity contribution in [3.05, 3.63) is 70.0 Å². The minimum Gasteiger partial charge on any atom is -0.459 e. The molecule has 4 nitrogen and oxygen atoms in total. The zero-order valence-corrected chi connectivity index (χ0v) is 14.1. The van der Waals surface area contributed by atoms with Gasteiger partial charge in [-0.3, -0.25) is 4.79 Å². The van der Waals surface area contributed by atoms with E-state index in [2.05, 4.69) is 5.32 Å². The number of amides is 1. The molecule has 0 aliphatic rings. The molecule has 0 saturated heterocycles. The first-order valence-electron chi connectivity index (χ1n) is 7.35. The molecule has 2 rings (SSSR count). The number of halogens is 2. The highest BCUT2D eigenvalue weighted by Crippen LogP contribution is 2.19. The third-order valence-electron chi connectivity index (χ3n) is 3.40. The standard InChI is InChI=1S/C18H17ClFNO3/c1-11-5-3-6-13(9-11)17(22)21-12(2)18(23)24-10-14-15(19)7-4-8-16(14)20/h3-9,12H,10H2,1-2H3,(H,21,22)/t12-/m0/s1. The average Bonchev–Trinajstić information content (AvgIpc) is 2.54. The van der Waals surface area contributed by atoms with Crippen molar-refractivity contribution in [2.75, 3.05) is 0 Å². The van der Waals surface area contributed by atoms with Crippen molar-refractivity contribution >= 4 is 23.5 Å². The summed E-state index contributed by atoms with van der Waals surface area (Å²) in [5.41, 5.74) is 1.49. The lowest BCUT2D eigenvalue weighted by atomic mass is 10.1. The predicted molar refractivity (Wildman–Crippen MR) is 89.3 cm³/mol. The first kappa shape index (κ1) is 17.9. The smallest absolute Gasteiger partial charge is 0.328 e. The van der Waals surface area contributed by atoms with E-state index in [-0.39, 0.29) is 23.1 Å². The Bertz CT molecular complexity index is 743. The van der Waals surface area contributed by atoms with E-state index in [0.717, 1.165) is 5.56 Å². The summed E-state index contributed by atoms with van der Waals surface area (Å²) in [7, 11) is 0. The highest BCUT2D eigenvalue weighted by atomic mass is 35.5. The molecule has 6 heteroatoms. The third kappa shape index (κ3) is 4.55. The average molecular weight is 350 g/mol. The van der Waals surface area contributed by atoms with Crippen LogP contribution in [0, 0.1) is 12.7 Å². The zero-order chi connectivity index (χ0) is 17.7. The molecule has 1 N–H and O–H groups in total. The van der Waals surface area contributed by atoms with Crippen molar-refractivity contribution in [3.8, 4) is 0 Å². The van der Waals surface area contributed by atoms with Crippen LogP contribution >= 0.6 is 11.6 Å². The van der Waals surface area contributed by atoms with Gasteiger partial charge in [-0.15, -0.1) is 0 Å². The lowest BCUT2D eigenvalue weighted by Crippen LogP contribution is -2.39. The number of carbonyl (C=O) groups excluding carboxylic acids is 2. The van der Waals surface area contributed by atoms with Gasteiger partial charge in [-0.2, -0.15) is 0 Å². The van der Waals surface area contributed by atoms with Crippen LogP contribution in [0.3, 0.4) is 0 Å². The van der Waals surface area contributed by atoms with Crippen molar-refractivity contribution < 1.29 is 18.7 Å². The monoisotopic (exact) mass is 349 g/mol. The van der Waals surface area contributed by atoms with Crippen molar-refractivity contribution in [2.24, 2.45) is 0 Å². The van der Waals surface area contributed by atoms with E-state index >= 15 is 0 Å². The van der Waals surface area contributed by atoms with Gasteiger partial charge >= 0.3 is 5.97 Å². The Hall–Kier alpha value is -2.40. The first-order chi connectivity index (χ1) is 11.4. The van der Waals surface area contributed by atoms with Gasteiger partial charge in [0.25, 0.3) is 5.91 Å². The van der Waals surface area contributed by atoms with Crippen LogP contribution < -0.4 is 5.32 Å². The molecular formula is C18H17ClFNO3. The van der Waals surface area contributed by atoms with E-state index in [9.17, 15) is 14.0 Å². The maximum atomic E-state index is 13.6. The quantitative estimate of drug-likeness (QED) is 0.838. The van der Waals surface area contributed by atoms with Gasteiger partial charge in [0.05, 0.1) is 5.02 Å². The van der Waals surface area contributed by atoms with Gasteiger partial charge in [0.1, 0.15) is 18.5 Å². The summed E-state index contributed by atoms with van der Waals surface area (Å²) >= 11 is 5.87. The molecule has 2 aromatic carbocycles. The fourth-order valence-electron chi connectivity index (χ4n) is 2.06. The van der Waals surface area contributed by atoms with Crippen LogP contribution in [0.15, 0.2) is 42.5 Å². The van der Waals surface area contributed by atoms with Crippen LogP contribution in [0.4, 0.5) is 4.39 Å². The number of aryl methyl sites for hydroxylation is 1. The zero-order valence-electron chi connectivity index (χ0n) is 13.3. The fourth-order valence-corrected chi connectivity index (χ4v) is 2.28. The highest BCUT2D eigenvalue weighted by molar-refractivity contribution is 6.31. The summed E-state index contributed by atoms with van der Waals surface area (Å²) in [6, 6.07) is 10.3. The molecule has 126 valence electrons. The van der Waals surface area contributed by atoms with E-state index in [4.69, 9.17) is 16.3 Å². The normalized spacial score (nSPS) is 11.7. The fraction of sp³-hybridized carbons (Fsp3) is 0.222. The molecular weight excluding hydrogens is 333 g/mol. The summed E-state index contributed by atoms with van der Waals surface area (Å²) in [5, 5.41) is 2.73. The van der Waals surface area contributed by atoms with Gasteiger partial charge < -0.3 is 10.1 Å². The first-order valence-corrected chi connectivity index (χ1v) is 7.73. The van der Waals surface area contributed by atoms with Gasteiger partial charge in [0.2, 0.25) is 0 Å². The van der Waals surface area contributed by atoms with E-state index in [1.54, 1.807) is 18.2 Å². The summed E-state index contributed by atoms with van der Waals surface area (Å²) in [6.07, 6.45) is 0. The van der Waals surface area contributed by atoms with Crippen molar-refractivity contribution in [1.29, 1.82) is 0 Å². The maximum Gasteiger partial charge on any atom is 0.328 e. The number of nitrogens with one attached hydrogen (secondary N) is 1. The van der Waals surface area contributed by atoms with Crippen LogP contribution in [-0.2, 0) is 16.1 Å². The molecule has 0 aromatic heterocycles. The van der Waals surface area contributed by atoms with Crippen LogP contribution in [0.5, 0.6) is 0 Å². The second-order valence-corrected chi connectivity index (χ2v) is 5.78. The molecule has 24 heavy (non-hydrogen) atoms. The minimum atomic E-state index is -0.872. The molecule has 0 heterocycles. The van der Waals surface area contributed by atoms with Gasteiger partial charge in [-0.25, -0.2) is 9.18 Å². The SMILES string of the molecule is Cc1cccc(C(=O)N[C@@H](C)C(=O)OCc2c(F)cccc2Cl)c1. The molecule has 0 spiro atoms. The number of esters is 1. The topological polar surface area (TPSA) is 55.4 Å². The summed E-state index contributed by atoms with van der Waals surface area (Å²) in [5.74, 6) is -1.60. The number of hydrogen-bond acceptors (Lipinski definition) is 3. The lowest BCUT2D eigenvalue weighted by Gasteiger charge is -2.14. The molecule has 0 fully saturated rings. The summed E-state index contributed by atoms with van der Waals surface area (Å²) < 4.78 is 18.7. The van der Waals surface area contributed by atoms with Crippen molar-refractivity contribution in [3.63, 3.8) is 0 Å². The van der Waals surface area contributed by atoms with E-state index in [0.29, 0.717) is 5.56 Å². The Labute approximate surface area is 144 Å². The third-order valence-corrected chi connectivity index (χ3v) is 3.76. The number of rotatable bonds is 5. The van der Waals surface area contributed by atoms with Crippen LogP contribution in [0.2, 0.25) is 5.02 Å². The van der Waals surface area contributed by atoms with Crippen LogP contribution in [0.25, 0.3) is 0 Å². The molecule has 0 saturated carbocycles. The summed E-state index contributed by atoms with van der Waals surface area (Å²) in [4.78, 5) is 24.1. The van der Waals surface area contributed by atoms with Crippen LogP contribution in [-0.4, -0.2) is 17.9 Å². The predicted octanol–water partition coefficient (Wildman–Crippen LogP) is 3.65. The molecule has 2 aromatic rings. The lowest BCUT2D eigenvalue weighted by molar-refractivity contribution is -0.146. The molecule has 0 aliphatic heterocycles. The number of benzene rings is 2. The Kier molecular flexibility index (Phi) is 5.93. The van der Waals surface area contributed by atoms with Crippen molar-refractivity contribution in [2.45, 2.75) is 26.5 Å². The molecule has 0 aliphatic carbocycles. The number of hydrogen-bond donors (Lipinski definition) is 1. The van der Waals surface area contributed by atoms with Gasteiger partial charge in [-0.1, -0.05) is 35.4 Å². The molecule has 0 unspecified atom stereocenters. The number of carbonyl (C=O) groups is 2. The van der Waals surface area contributed by atoms with Crippen molar-refractivity contribution in [1.82, 2.24) is 5.32 Å². The van der Waals surface area contributed by atoms with Gasteiger partial charge in [-0.05, 0) is 38.1 Å². The minimum absolute atomic E-state index is 0.102. The second kappa shape index (κ2) is 7.93. The molecule has 0 radical (unpaired) electrons. The highest BCUT2D eigenvalue weighted by Gasteiger charge is 2.19. The molecule has 1 amide bonds. The maximum absolute atomic E-state index is 13.6. The Morgan fingerprint density at radius 2 is 1.96 bits per heavy atom.